The summed E-state index contributed by atoms with van der Waals surface area (Å²) in [4.78, 5) is 8.89. The van der Waals surface area contributed by atoms with E-state index in [-0.39, 0.29) is 24.0 Å². The Bertz CT molecular complexity index is 646. The van der Waals surface area contributed by atoms with Crippen molar-refractivity contribution in [2.75, 3.05) is 26.7 Å². The van der Waals surface area contributed by atoms with E-state index >= 15 is 0 Å². The number of aliphatic imine (C=N–C) groups is 1. The Morgan fingerprint density at radius 1 is 1.19 bits per heavy atom. The van der Waals surface area contributed by atoms with Gasteiger partial charge in [-0.3, -0.25) is 4.99 Å². The van der Waals surface area contributed by atoms with Crippen molar-refractivity contribution < 1.29 is 4.74 Å². The third-order valence-corrected chi connectivity index (χ3v) is 4.78. The van der Waals surface area contributed by atoms with Crippen molar-refractivity contribution in [2.24, 2.45) is 4.99 Å². The second-order valence-corrected chi connectivity index (χ2v) is 6.91. The quantitative estimate of drug-likeness (QED) is 0.242. The molecule has 1 aromatic carbocycles. The first-order chi connectivity index (χ1) is 12.2. The van der Waals surface area contributed by atoms with Crippen LogP contribution in [0.5, 0.6) is 5.75 Å². The van der Waals surface area contributed by atoms with Gasteiger partial charge in [0.25, 0.3) is 0 Å². The van der Waals surface area contributed by atoms with E-state index < -0.39 is 0 Å². The van der Waals surface area contributed by atoms with E-state index in [9.17, 15) is 0 Å². The number of nitrogens with one attached hydrogen (secondary N) is 2. The van der Waals surface area contributed by atoms with Crippen molar-refractivity contribution in [1.82, 2.24) is 15.6 Å². The van der Waals surface area contributed by atoms with Crippen LogP contribution >= 0.6 is 35.3 Å². The van der Waals surface area contributed by atoms with Crippen LogP contribution in [0.2, 0.25) is 0 Å². The fourth-order valence-corrected chi connectivity index (χ4v) is 3.09. The van der Waals surface area contributed by atoms with Crippen molar-refractivity contribution in [1.29, 1.82) is 0 Å². The molecule has 2 aromatic rings. The lowest BCUT2D eigenvalue weighted by atomic mass is 10.2. The molecule has 2 rings (SSSR count). The minimum atomic E-state index is 0. The van der Waals surface area contributed by atoms with E-state index in [2.05, 4.69) is 39.8 Å². The molecule has 0 unspecified atom stereocenters. The maximum absolute atomic E-state index is 5.67. The summed E-state index contributed by atoms with van der Waals surface area (Å²) in [5.74, 6) is 2.23. The Labute approximate surface area is 177 Å². The first kappa shape index (κ1) is 22.7. The standard InChI is InChI=1S/C19H28N4OS.HI/c1-15(2)18-23-16(14-25-18)10-12-22-19(20-3)21-11-7-13-24-17-8-5-4-6-9-17;/h4-6,8-9,14-15H,7,10-13H2,1-3H3,(H2,20,21,22);1H. The van der Waals surface area contributed by atoms with Gasteiger partial charge in [0.05, 0.1) is 17.3 Å². The molecule has 0 saturated carbocycles. The number of ether oxygens (including phenoxy) is 1. The summed E-state index contributed by atoms with van der Waals surface area (Å²) in [5, 5.41) is 9.99. The Hall–Kier alpha value is -1.35. The van der Waals surface area contributed by atoms with Crippen LogP contribution in [0.3, 0.4) is 0 Å². The Morgan fingerprint density at radius 3 is 2.58 bits per heavy atom. The smallest absolute Gasteiger partial charge is 0.190 e. The molecule has 0 aliphatic heterocycles. The highest BCUT2D eigenvalue weighted by Crippen LogP contribution is 2.19. The van der Waals surface area contributed by atoms with E-state index in [4.69, 9.17) is 4.74 Å². The highest BCUT2D eigenvalue weighted by molar-refractivity contribution is 14.0. The van der Waals surface area contributed by atoms with Gasteiger partial charge in [0.2, 0.25) is 0 Å². The molecule has 0 aliphatic rings. The summed E-state index contributed by atoms with van der Waals surface area (Å²) < 4.78 is 5.67. The minimum absolute atomic E-state index is 0. The van der Waals surface area contributed by atoms with E-state index in [1.807, 2.05) is 30.3 Å². The Balaban J connectivity index is 0.00000338. The van der Waals surface area contributed by atoms with Gasteiger partial charge in [-0.25, -0.2) is 4.98 Å². The van der Waals surface area contributed by atoms with Crippen molar-refractivity contribution in [3.8, 4) is 5.75 Å². The zero-order valence-electron chi connectivity index (χ0n) is 15.7. The second kappa shape index (κ2) is 12.9. The lowest BCUT2D eigenvalue weighted by Crippen LogP contribution is -2.39. The number of benzene rings is 1. The van der Waals surface area contributed by atoms with Crippen molar-refractivity contribution in [3.63, 3.8) is 0 Å². The Kier molecular flexibility index (Phi) is 11.3. The number of hydrogen-bond acceptors (Lipinski definition) is 4. The molecular weight excluding hydrogens is 459 g/mol. The predicted molar refractivity (Wildman–Crippen MR) is 121 cm³/mol. The average molecular weight is 488 g/mol. The fourth-order valence-electron chi connectivity index (χ4n) is 2.22. The van der Waals surface area contributed by atoms with Gasteiger partial charge in [-0.15, -0.1) is 35.3 Å². The summed E-state index contributed by atoms with van der Waals surface area (Å²) >= 11 is 1.74. The van der Waals surface area contributed by atoms with Gasteiger partial charge in [-0.2, -0.15) is 0 Å². The van der Waals surface area contributed by atoms with Crippen molar-refractivity contribution in [3.05, 3.63) is 46.4 Å². The average Bonchev–Trinajstić information content (AvgIpc) is 3.10. The molecule has 0 aliphatic carbocycles. The van der Waals surface area contributed by atoms with Gasteiger partial charge < -0.3 is 15.4 Å². The van der Waals surface area contributed by atoms with Crippen molar-refractivity contribution >= 4 is 41.3 Å². The molecule has 0 atom stereocenters. The number of hydrogen-bond donors (Lipinski definition) is 2. The van der Waals surface area contributed by atoms with Gasteiger partial charge in [0, 0.05) is 37.9 Å². The summed E-state index contributed by atoms with van der Waals surface area (Å²) in [6.45, 7) is 6.68. The summed E-state index contributed by atoms with van der Waals surface area (Å²) in [6, 6.07) is 9.88. The maximum atomic E-state index is 5.67. The number of halogens is 1. The topological polar surface area (TPSA) is 58.5 Å². The molecule has 26 heavy (non-hydrogen) atoms. The first-order valence-corrected chi connectivity index (χ1v) is 9.63. The van der Waals surface area contributed by atoms with Crippen LogP contribution in [-0.4, -0.2) is 37.7 Å². The van der Waals surface area contributed by atoms with Gasteiger partial charge in [-0.1, -0.05) is 32.0 Å². The largest absolute Gasteiger partial charge is 0.494 e. The van der Waals surface area contributed by atoms with Gasteiger partial charge in [-0.05, 0) is 18.6 Å². The third kappa shape index (κ3) is 8.35. The lowest BCUT2D eigenvalue weighted by molar-refractivity contribution is 0.311. The molecule has 0 bridgehead atoms. The number of nitrogens with zero attached hydrogens (tertiary/aromatic N) is 2. The van der Waals surface area contributed by atoms with E-state index in [0.29, 0.717) is 12.5 Å². The van der Waals surface area contributed by atoms with E-state index in [1.54, 1.807) is 18.4 Å². The highest BCUT2D eigenvalue weighted by Gasteiger charge is 2.05. The SMILES string of the molecule is CN=C(NCCCOc1ccccc1)NCCc1csc(C(C)C)n1.I. The van der Waals surface area contributed by atoms with Crippen LogP contribution in [0, 0.1) is 0 Å². The number of thiazole rings is 1. The van der Waals surface area contributed by atoms with Gasteiger partial charge in [0.1, 0.15) is 5.75 Å². The zero-order valence-corrected chi connectivity index (χ0v) is 18.8. The van der Waals surface area contributed by atoms with Crippen molar-refractivity contribution in [2.45, 2.75) is 32.6 Å². The molecule has 1 heterocycles. The molecule has 0 fully saturated rings. The molecule has 1 aromatic heterocycles. The molecular formula is C19H29IN4OS. The van der Waals surface area contributed by atoms with Crippen LogP contribution < -0.4 is 15.4 Å². The molecule has 7 heteroatoms. The minimum Gasteiger partial charge on any atom is -0.494 e. The number of guanidine groups is 1. The summed E-state index contributed by atoms with van der Waals surface area (Å²) in [7, 11) is 1.79. The summed E-state index contributed by atoms with van der Waals surface area (Å²) in [5.41, 5.74) is 1.15. The predicted octanol–water partition coefficient (Wildman–Crippen LogP) is 4.06. The zero-order chi connectivity index (χ0) is 17.9. The maximum Gasteiger partial charge on any atom is 0.190 e. The number of rotatable bonds is 9. The van der Waals surface area contributed by atoms with E-state index in [1.165, 1.54) is 5.01 Å². The van der Waals surface area contributed by atoms with Gasteiger partial charge in [0.15, 0.2) is 5.96 Å². The molecule has 0 spiro atoms. The Morgan fingerprint density at radius 2 is 1.92 bits per heavy atom. The molecule has 5 nitrogen and oxygen atoms in total. The van der Waals surface area contributed by atoms with Crippen LogP contribution in [-0.2, 0) is 6.42 Å². The molecule has 0 amide bonds. The normalized spacial score (nSPS) is 11.2. The van der Waals surface area contributed by atoms with Gasteiger partial charge >= 0.3 is 0 Å². The summed E-state index contributed by atoms with van der Waals surface area (Å²) in [6.07, 6.45) is 1.82. The van der Waals surface area contributed by atoms with Crippen LogP contribution in [0.25, 0.3) is 0 Å². The lowest BCUT2D eigenvalue weighted by Gasteiger charge is -2.11. The molecule has 2 N–H and O–H groups in total. The van der Waals surface area contributed by atoms with Crippen LogP contribution in [0.15, 0.2) is 40.7 Å². The third-order valence-electron chi connectivity index (χ3n) is 3.59. The number of aromatic nitrogens is 1. The van der Waals surface area contributed by atoms with Crippen LogP contribution in [0.4, 0.5) is 0 Å². The fraction of sp³-hybridized carbons (Fsp3) is 0.474. The highest BCUT2D eigenvalue weighted by atomic mass is 127. The molecule has 0 saturated heterocycles. The van der Waals surface area contributed by atoms with E-state index in [0.717, 1.165) is 43.3 Å². The first-order valence-electron chi connectivity index (χ1n) is 8.75. The molecule has 144 valence electrons. The second-order valence-electron chi connectivity index (χ2n) is 6.02. The monoisotopic (exact) mass is 488 g/mol. The van der Waals surface area contributed by atoms with Crippen LogP contribution in [0.1, 0.15) is 36.9 Å². The molecule has 0 radical (unpaired) electrons. The number of para-hydroxylation sites is 1.